The zero-order valence-electron chi connectivity index (χ0n) is 14.1. The van der Waals surface area contributed by atoms with E-state index in [1.54, 1.807) is 0 Å². The molecule has 136 valence electrons. The minimum Gasteiger partial charge on any atom is -0.394 e. The summed E-state index contributed by atoms with van der Waals surface area (Å²) in [5, 5.41) is 9.74. The van der Waals surface area contributed by atoms with E-state index in [9.17, 15) is 18.7 Å². The number of aromatic nitrogens is 3. The molecule has 8 heteroatoms. The van der Waals surface area contributed by atoms with Crippen LogP contribution in [0, 0.1) is 17.6 Å². The smallest absolute Gasteiger partial charge is 0.261 e. The number of hydrogen-bond donors (Lipinski definition) is 1. The van der Waals surface area contributed by atoms with Crippen molar-refractivity contribution in [1.29, 1.82) is 0 Å². The molecule has 5 nitrogen and oxygen atoms in total. The summed E-state index contributed by atoms with van der Waals surface area (Å²) in [7, 11) is 0. The molecule has 1 N–H and O–H groups in total. The van der Waals surface area contributed by atoms with Crippen molar-refractivity contribution in [3.63, 3.8) is 0 Å². The number of rotatable bonds is 4. The van der Waals surface area contributed by atoms with E-state index in [4.69, 9.17) is 11.6 Å². The third-order valence-corrected chi connectivity index (χ3v) is 4.38. The van der Waals surface area contributed by atoms with Crippen molar-refractivity contribution in [2.45, 2.75) is 19.9 Å². The van der Waals surface area contributed by atoms with Crippen molar-refractivity contribution in [3.05, 3.63) is 57.7 Å². The summed E-state index contributed by atoms with van der Waals surface area (Å²) in [6, 6.07) is 3.83. The Morgan fingerprint density at radius 2 is 1.85 bits per heavy atom. The lowest BCUT2D eigenvalue weighted by atomic mass is 10.0. The first-order valence-corrected chi connectivity index (χ1v) is 8.34. The Kier molecular flexibility index (Phi) is 5.02. The van der Waals surface area contributed by atoms with Crippen LogP contribution >= 0.6 is 11.6 Å². The first-order valence-electron chi connectivity index (χ1n) is 7.96. The lowest BCUT2D eigenvalue weighted by molar-refractivity contribution is 0.189. The number of pyridine rings is 1. The van der Waals surface area contributed by atoms with Crippen LogP contribution in [-0.2, 0) is 0 Å². The Hall–Kier alpha value is -2.38. The SMILES string of the molecule is CC(C)[C@@H](CO)n1cnc2c(-c3cc(F)cc(F)c3)nc(Cl)cc2c1=O. The molecule has 0 radical (unpaired) electrons. The number of aliphatic hydroxyl groups excluding tert-OH is 1. The average Bonchev–Trinajstić information content (AvgIpc) is 2.56. The highest BCUT2D eigenvalue weighted by atomic mass is 35.5. The monoisotopic (exact) mass is 379 g/mol. The lowest BCUT2D eigenvalue weighted by Crippen LogP contribution is -2.30. The fourth-order valence-corrected chi connectivity index (χ4v) is 3.05. The van der Waals surface area contributed by atoms with Crippen molar-refractivity contribution in [2.24, 2.45) is 5.92 Å². The first-order chi connectivity index (χ1) is 12.3. The van der Waals surface area contributed by atoms with E-state index in [2.05, 4.69) is 9.97 Å². The molecule has 2 aromatic heterocycles. The number of hydrogen-bond acceptors (Lipinski definition) is 4. The quantitative estimate of drug-likeness (QED) is 0.703. The molecule has 0 bridgehead atoms. The molecule has 0 saturated heterocycles. The third-order valence-electron chi connectivity index (χ3n) is 4.19. The molecule has 0 unspecified atom stereocenters. The van der Waals surface area contributed by atoms with Gasteiger partial charge in [0.05, 0.1) is 30.1 Å². The highest BCUT2D eigenvalue weighted by Gasteiger charge is 2.20. The standard InChI is InChI=1S/C18H16ClF2N3O2/c1-9(2)14(7-25)24-8-22-17-13(18(24)26)6-15(19)23-16(17)10-3-11(20)5-12(21)4-10/h3-6,8-9,14,25H,7H2,1-2H3/t14-/m1/s1. The summed E-state index contributed by atoms with van der Waals surface area (Å²) in [6.45, 7) is 3.52. The van der Waals surface area contributed by atoms with Gasteiger partial charge in [-0.15, -0.1) is 0 Å². The lowest BCUT2D eigenvalue weighted by Gasteiger charge is -2.21. The van der Waals surface area contributed by atoms with Gasteiger partial charge in [-0.1, -0.05) is 25.4 Å². The van der Waals surface area contributed by atoms with Crippen molar-refractivity contribution in [1.82, 2.24) is 14.5 Å². The maximum atomic E-state index is 13.6. The molecular formula is C18H16ClF2N3O2. The summed E-state index contributed by atoms with van der Waals surface area (Å²) in [6.07, 6.45) is 1.31. The fraction of sp³-hybridized carbons (Fsp3) is 0.278. The van der Waals surface area contributed by atoms with E-state index in [1.807, 2.05) is 13.8 Å². The van der Waals surface area contributed by atoms with Gasteiger partial charge in [-0.05, 0) is 24.1 Å². The summed E-state index contributed by atoms with van der Waals surface area (Å²) in [4.78, 5) is 21.2. The molecule has 0 amide bonds. The Morgan fingerprint density at radius 1 is 1.19 bits per heavy atom. The summed E-state index contributed by atoms with van der Waals surface area (Å²) >= 11 is 6.03. The van der Waals surface area contributed by atoms with Gasteiger partial charge >= 0.3 is 0 Å². The van der Waals surface area contributed by atoms with E-state index in [0.29, 0.717) is 0 Å². The maximum Gasteiger partial charge on any atom is 0.261 e. The van der Waals surface area contributed by atoms with Crippen molar-refractivity contribution < 1.29 is 13.9 Å². The molecule has 0 aliphatic heterocycles. The Bertz CT molecular complexity index is 1020. The van der Waals surface area contributed by atoms with E-state index < -0.39 is 23.2 Å². The van der Waals surface area contributed by atoms with Gasteiger partial charge in [-0.25, -0.2) is 18.7 Å². The van der Waals surface area contributed by atoms with Gasteiger partial charge in [0.2, 0.25) is 0 Å². The molecule has 0 aliphatic carbocycles. The maximum absolute atomic E-state index is 13.6. The van der Waals surface area contributed by atoms with Crippen LogP contribution in [-0.4, -0.2) is 26.2 Å². The molecule has 26 heavy (non-hydrogen) atoms. The van der Waals surface area contributed by atoms with Crippen LogP contribution in [0.2, 0.25) is 5.15 Å². The average molecular weight is 380 g/mol. The molecule has 1 aromatic carbocycles. The van der Waals surface area contributed by atoms with Crippen LogP contribution < -0.4 is 5.56 Å². The van der Waals surface area contributed by atoms with Crippen LogP contribution in [0.5, 0.6) is 0 Å². The van der Waals surface area contributed by atoms with Gasteiger partial charge in [0.25, 0.3) is 5.56 Å². The number of benzene rings is 1. The second-order valence-corrected chi connectivity index (χ2v) is 6.69. The van der Waals surface area contributed by atoms with E-state index in [-0.39, 0.29) is 39.8 Å². The van der Waals surface area contributed by atoms with Gasteiger partial charge in [-0.2, -0.15) is 0 Å². The molecule has 1 atom stereocenters. The Morgan fingerprint density at radius 3 is 2.42 bits per heavy atom. The van der Waals surface area contributed by atoms with Crippen molar-refractivity contribution >= 4 is 22.5 Å². The first kappa shape index (κ1) is 18.4. The highest BCUT2D eigenvalue weighted by molar-refractivity contribution is 6.30. The zero-order chi connectivity index (χ0) is 19.0. The minimum absolute atomic E-state index is 0.00100. The van der Waals surface area contributed by atoms with Gasteiger partial charge in [0.15, 0.2) is 0 Å². The molecule has 0 aliphatic rings. The molecule has 0 saturated carbocycles. The van der Waals surface area contributed by atoms with Crippen LogP contribution in [0.15, 0.2) is 35.4 Å². The largest absolute Gasteiger partial charge is 0.394 e. The van der Waals surface area contributed by atoms with E-state index in [1.165, 1.54) is 17.0 Å². The number of nitrogens with zero attached hydrogens (tertiary/aromatic N) is 3. The van der Waals surface area contributed by atoms with Crippen LogP contribution in [0.25, 0.3) is 22.2 Å². The number of aliphatic hydroxyl groups is 1. The van der Waals surface area contributed by atoms with Crippen LogP contribution in [0.1, 0.15) is 19.9 Å². The molecule has 3 aromatic rings. The van der Waals surface area contributed by atoms with E-state index in [0.717, 1.165) is 18.2 Å². The predicted molar refractivity (Wildman–Crippen MR) is 95.1 cm³/mol. The van der Waals surface area contributed by atoms with Gasteiger partial charge in [-0.3, -0.25) is 9.36 Å². The Balaban J connectivity index is 2.31. The van der Waals surface area contributed by atoms with Gasteiger partial charge < -0.3 is 5.11 Å². The summed E-state index contributed by atoms with van der Waals surface area (Å²) < 4.78 is 28.5. The molecule has 2 heterocycles. The number of halogens is 3. The molecule has 3 rings (SSSR count). The summed E-state index contributed by atoms with van der Waals surface area (Å²) in [5.74, 6) is -1.56. The zero-order valence-corrected chi connectivity index (χ0v) is 14.8. The summed E-state index contributed by atoms with van der Waals surface area (Å²) in [5.41, 5.74) is 0.00809. The predicted octanol–water partition coefficient (Wildman–Crippen LogP) is 3.58. The number of fused-ring (bicyclic) bond motifs is 1. The topological polar surface area (TPSA) is 68.0 Å². The second-order valence-electron chi connectivity index (χ2n) is 6.30. The Labute approximate surface area is 152 Å². The van der Waals surface area contributed by atoms with Gasteiger partial charge in [0.1, 0.15) is 22.3 Å². The molecular weight excluding hydrogens is 364 g/mol. The fourth-order valence-electron chi connectivity index (χ4n) is 2.86. The third kappa shape index (κ3) is 3.32. The molecule has 0 spiro atoms. The van der Waals surface area contributed by atoms with E-state index >= 15 is 0 Å². The van der Waals surface area contributed by atoms with Crippen molar-refractivity contribution in [3.8, 4) is 11.3 Å². The second kappa shape index (κ2) is 7.09. The van der Waals surface area contributed by atoms with Crippen LogP contribution in [0.4, 0.5) is 8.78 Å². The van der Waals surface area contributed by atoms with Crippen molar-refractivity contribution in [2.75, 3.05) is 6.61 Å². The normalized spacial score (nSPS) is 12.7. The molecule has 0 fully saturated rings. The highest BCUT2D eigenvalue weighted by Crippen LogP contribution is 2.28. The van der Waals surface area contributed by atoms with Gasteiger partial charge in [0, 0.05) is 11.6 Å². The minimum atomic E-state index is -0.775. The van der Waals surface area contributed by atoms with Crippen LogP contribution in [0.3, 0.4) is 0 Å².